The van der Waals surface area contributed by atoms with Crippen LogP contribution in [0.4, 0.5) is 0 Å². The minimum atomic E-state index is -3.44. The van der Waals surface area contributed by atoms with E-state index in [0.717, 1.165) is 29.9 Å². The Morgan fingerprint density at radius 1 is 1.07 bits per heavy atom. The minimum absolute atomic E-state index is 0.0143. The molecule has 3 rings (SSSR count). The lowest BCUT2D eigenvalue weighted by Gasteiger charge is -2.17. The Morgan fingerprint density at radius 3 is 2.30 bits per heavy atom. The highest BCUT2D eigenvalue weighted by atomic mass is 32.2. The summed E-state index contributed by atoms with van der Waals surface area (Å²) >= 11 is 0. The zero-order chi connectivity index (χ0) is 21.6. The molecule has 1 aliphatic carbocycles. The molecule has 30 heavy (non-hydrogen) atoms. The monoisotopic (exact) mass is 432 g/mol. The van der Waals surface area contributed by atoms with Crippen molar-refractivity contribution < 1.29 is 22.7 Å². The number of amides is 1. The van der Waals surface area contributed by atoms with Crippen LogP contribution >= 0.6 is 0 Å². The Balaban J connectivity index is 1.40. The summed E-state index contributed by atoms with van der Waals surface area (Å²) in [6, 6.07) is 14.1. The summed E-state index contributed by atoms with van der Waals surface area (Å²) in [6.07, 6.45) is 2.71. The highest BCUT2D eigenvalue weighted by molar-refractivity contribution is 7.89. The molecule has 1 fully saturated rings. The van der Waals surface area contributed by atoms with E-state index < -0.39 is 10.0 Å². The summed E-state index contributed by atoms with van der Waals surface area (Å²) in [5, 5.41) is 0. The van der Waals surface area contributed by atoms with Crippen LogP contribution < -0.4 is 14.2 Å². The molecule has 1 aliphatic rings. The molecule has 0 atom stereocenters. The first-order chi connectivity index (χ1) is 14.4. The molecule has 0 bridgehead atoms. The van der Waals surface area contributed by atoms with Crippen LogP contribution in [-0.2, 0) is 21.2 Å². The number of likely N-dealkylation sites (N-methyl/N-ethyl adjacent to an activating group) is 1. The molecule has 0 unspecified atom stereocenters. The van der Waals surface area contributed by atoms with Crippen molar-refractivity contribution in [2.75, 3.05) is 27.3 Å². The predicted molar refractivity (Wildman–Crippen MR) is 114 cm³/mol. The van der Waals surface area contributed by atoms with E-state index in [4.69, 9.17) is 9.47 Å². The number of hydrogen-bond acceptors (Lipinski definition) is 5. The summed E-state index contributed by atoms with van der Waals surface area (Å²) < 4.78 is 37.8. The largest absolute Gasteiger partial charge is 0.497 e. The fraction of sp³-hybridized carbons (Fsp3) is 0.409. The molecule has 2 aromatic carbocycles. The van der Waals surface area contributed by atoms with Crippen molar-refractivity contribution in [1.82, 2.24) is 9.62 Å². The van der Waals surface area contributed by atoms with Crippen LogP contribution in [0, 0.1) is 0 Å². The second-order valence-corrected chi connectivity index (χ2v) is 9.09. The van der Waals surface area contributed by atoms with Gasteiger partial charge in [-0.2, -0.15) is 0 Å². The third-order valence-corrected chi connectivity index (χ3v) is 6.48. The lowest BCUT2D eigenvalue weighted by atomic mass is 10.1. The van der Waals surface area contributed by atoms with Gasteiger partial charge >= 0.3 is 0 Å². The molecule has 0 radical (unpaired) electrons. The standard InChI is InChI=1S/C22H28N2O5S/c1-24(15-16-29-20-10-8-19(28-2)9-11-20)22(25)14-5-17-3-12-21(13-4-17)30(26,27)23-18-6-7-18/h3-4,8-13,18,23H,5-7,14-16H2,1-2H3. The molecule has 8 heteroatoms. The van der Waals surface area contributed by atoms with E-state index in [2.05, 4.69) is 4.72 Å². The smallest absolute Gasteiger partial charge is 0.240 e. The molecule has 0 saturated heterocycles. The van der Waals surface area contributed by atoms with Crippen LogP contribution in [0.15, 0.2) is 53.4 Å². The van der Waals surface area contributed by atoms with Gasteiger partial charge in [0, 0.05) is 19.5 Å². The zero-order valence-corrected chi connectivity index (χ0v) is 18.2. The van der Waals surface area contributed by atoms with Crippen molar-refractivity contribution in [1.29, 1.82) is 0 Å². The van der Waals surface area contributed by atoms with Crippen molar-refractivity contribution in [3.05, 3.63) is 54.1 Å². The van der Waals surface area contributed by atoms with E-state index in [9.17, 15) is 13.2 Å². The van der Waals surface area contributed by atoms with Crippen molar-refractivity contribution in [2.24, 2.45) is 0 Å². The Hall–Kier alpha value is -2.58. The molecule has 0 heterocycles. The molecular weight excluding hydrogens is 404 g/mol. The topological polar surface area (TPSA) is 84.9 Å². The fourth-order valence-corrected chi connectivity index (χ4v) is 4.17. The minimum Gasteiger partial charge on any atom is -0.497 e. The van der Waals surface area contributed by atoms with Gasteiger partial charge in [-0.15, -0.1) is 0 Å². The number of benzene rings is 2. The van der Waals surface area contributed by atoms with Crippen molar-refractivity contribution in [3.8, 4) is 11.5 Å². The lowest BCUT2D eigenvalue weighted by molar-refractivity contribution is -0.130. The van der Waals surface area contributed by atoms with Gasteiger partial charge in [0.15, 0.2) is 0 Å². The Labute approximate surface area is 178 Å². The number of sulfonamides is 1. The predicted octanol–water partition coefficient (Wildman–Crippen LogP) is 2.61. The average Bonchev–Trinajstić information content (AvgIpc) is 3.56. The van der Waals surface area contributed by atoms with Crippen molar-refractivity contribution in [3.63, 3.8) is 0 Å². The molecule has 2 aromatic rings. The van der Waals surface area contributed by atoms with Gasteiger partial charge in [0.05, 0.1) is 18.6 Å². The molecule has 0 aliphatic heterocycles. The number of carbonyl (C=O) groups is 1. The number of aryl methyl sites for hydroxylation is 1. The Bertz CT molecular complexity index is 938. The van der Waals surface area contributed by atoms with E-state index in [1.54, 1.807) is 43.3 Å². The number of nitrogens with zero attached hydrogens (tertiary/aromatic N) is 1. The van der Waals surface area contributed by atoms with E-state index in [-0.39, 0.29) is 16.8 Å². The quantitative estimate of drug-likeness (QED) is 0.590. The van der Waals surface area contributed by atoms with Gasteiger partial charge in [-0.05, 0) is 61.2 Å². The summed E-state index contributed by atoms with van der Waals surface area (Å²) in [6.45, 7) is 0.879. The number of rotatable bonds is 11. The van der Waals surface area contributed by atoms with Crippen LogP contribution in [0.2, 0.25) is 0 Å². The normalized spacial score (nSPS) is 13.7. The zero-order valence-electron chi connectivity index (χ0n) is 17.3. The number of carbonyl (C=O) groups excluding carboxylic acids is 1. The molecule has 1 saturated carbocycles. The number of methoxy groups -OCH3 is 1. The molecule has 1 N–H and O–H groups in total. The highest BCUT2D eigenvalue weighted by Crippen LogP contribution is 2.22. The van der Waals surface area contributed by atoms with Gasteiger partial charge < -0.3 is 14.4 Å². The van der Waals surface area contributed by atoms with Gasteiger partial charge in [0.2, 0.25) is 15.9 Å². The van der Waals surface area contributed by atoms with Crippen LogP contribution in [0.3, 0.4) is 0 Å². The molecule has 162 valence electrons. The Kier molecular flexibility index (Phi) is 7.33. The third kappa shape index (κ3) is 6.47. The lowest BCUT2D eigenvalue weighted by Crippen LogP contribution is -2.31. The van der Waals surface area contributed by atoms with Gasteiger partial charge in [-0.25, -0.2) is 13.1 Å². The van der Waals surface area contributed by atoms with Crippen LogP contribution in [-0.4, -0.2) is 52.6 Å². The number of nitrogens with one attached hydrogen (secondary N) is 1. The average molecular weight is 433 g/mol. The fourth-order valence-electron chi connectivity index (χ4n) is 2.86. The maximum absolute atomic E-state index is 12.3. The van der Waals surface area contributed by atoms with Crippen molar-refractivity contribution >= 4 is 15.9 Å². The number of ether oxygens (including phenoxy) is 2. The maximum atomic E-state index is 12.3. The summed E-state index contributed by atoms with van der Waals surface area (Å²) in [5.41, 5.74) is 0.927. The van der Waals surface area contributed by atoms with Gasteiger partial charge in [-0.1, -0.05) is 12.1 Å². The highest BCUT2D eigenvalue weighted by Gasteiger charge is 2.27. The molecule has 0 spiro atoms. The number of hydrogen-bond donors (Lipinski definition) is 1. The van der Waals surface area contributed by atoms with E-state index in [1.807, 2.05) is 24.3 Å². The van der Waals surface area contributed by atoms with Crippen LogP contribution in [0.25, 0.3) is 0 Å². The summed E-state index contributed by atoms with van der Waals surface area (Å²) in [5.74, 6) is 1.50. The first-order valence-corrected chi connectivity index (χ1v) is 11.5. The molecule has 0 aromatic heterocycles. The van der Waals surface area contributed by atoms with Crippen LogP contribution in [0.1, 0.15) is 24.8 Å². The third-order valence-electron chi connectivity index (χ3n) is 4.94. The van der Waals surface area contributed by atoms with E-state index >= 15 is 0 Å². The van der Waals surface area contributed by atoms with E-state index in [1.165, 1.54) is 0 Å². The van der Waals surface area contributed by atoms with Crippen LogP contribution in [0.5, 0.6) is 11.5 Å². The maximum Gasteiger partial charge on any atom is 0.240 e. The van der Waals surface area contributed by atoms with E-state index in [0.29, 0.717) is 26.0 Å². The summed E-state index contributed by atoms with van der Waals surface area (Å²) in [4.78, 5) is 14.2. The van der Waals surface area contributed by atoms with Gasteiger partial charge in [-0.3, -0.25) is 4.79 Å². The molecular formula is C22H28N2O5S. The van der Waals surface area contributed by atoms with Gasteiger partial charge in [0.25, 0.3) is 0 Å². The Morgan fingerprint density at radius 2 is 1.70 bits per heavy atom. The first-order valence-electron chi connectivity index (χ1n) is 9.99. The second kappa shape index (κ2) is 9.95. The van der Waals surface area contributed by atoms with Gasteiger partial charge in [0.1, 0.15) is 18.1 Å². The summed E-state index contributed by atoms with van der Waals surface area (Å²) in [7, 11) is -0.0826. The SMILES string of the molecule is COc1ccc(OCCN(C)C(=O)CCc2ccc(S(=O)(=O)NC3CC3)cc2)cc1. The second-order valence-electron chi connectivity index (χ2n) is 7.38. The molecule has 1 amide bonds. The molecule has 7 nitrogen and oxygen atoms in total. The first kappa shape index (κ1) is 22.1. The van der Waals surface area contributed by atoms with Crippen molar-refractivity contribution in [2.45, 2.75) is 36.6 Å².